The average Bonchev–Trinajstić information content (AvgIpc) is 3.07. The van der Waals surface area contributed by atoms with E-state index < -0.39 is 12.1 Å². The Kier molecular flexibility index (Phi) is 35.9. The molecule has 276 valence electrons. The lowest BCUT2D eigenvalue weighted by molar-refractivity contribution is -0.143. The van der Waals surface area contributed by atoms with Gasteiger partial charge in [-0.2, -0.15) is 0 Å². The number of carbonyl (C=O) groups is 2. The summed E-state index contributed by atoms with van der Waals surface area (Å²) in [4.78, 5) is 24.2. The first-order valence-electron chi connectivity index (χ1n) is 20.1. The van der Waals surface area contributed by atoms with Gasteiger partial charge in [0.2, 0.25) is 5.91 Å². The zero-order valence-corrected chi connectivity index (χ0v) is 31.0. The normalized spacial score (nSPS) is 13.0. The van der Waals surface area contributed by atoms with Crippen molar-refractivity contribution in [1.29, 1.82) is 0 Å². The van der Waals surface area contributed by atoms with E-state index in [1.165, 1.54) is 96.3 Å². The molecule has 2 unspecified atom stereocenters. The summed E-state index contributed by atoms with van der Waals surface area (Å²) in [5.74, 6) is -0.148. The molecule has 0 saturated heterocycles. The molecule has 0 aliphatic carbocycles. The number of aliphatic hydroxyl groups excluding tert-OH is 2. The Morgan fingerprint density at radius 3 is 1.60 bits per heavy atom. The maximum atomic E-state index is 12.3. The SMILES string of the molecule is CCCCC/C=C\CCCCCCCC(=O)OCCCCCC/C=C\CCCC(=O)NC(CO)C(O)CCCCCCCCCCC. The van der Waals surface area contributed by atoms with Crippen molar-refractivity contribution in [2.24, 2.45) is 0 Å². The minimum atomic E-state index is -0.692. The molecule has 0 spiro atoms. The summed E-state index contributed by atoms with van der Waals surface area (Å²) >= 11 is 0. The van der Waals surface area contributed by atoms with Gasteiger partial charge in [-0.3, -0.25) is 9.59 Å². The molecule has 0 fully saturated rings. The maximum Gasteiger partial charge on any atom is 0.305 e. The summed E-state index contributed by atoms with van der Waals surface area (Å²) in [6.45, 7) is 4.78. The Balaban J connectivity index is 3.57. The van der Waals surface area contributed by atoms with Crippen molar-refractivity contribution < 1.29 is 24.5 Å². The zero-order chi connectivity index (χ0) is 34.5. The van der Waals surface area contributed by atoms with Crippen LogP contribution in [0.4, 0.5) is 0 Å². The van der Waals surface area contributed by atoms with E-state index in [0.717, 1.165) is 70.6 Å². The van der Waals surface area contributed by atoms with Crippen LogP contribution in [0.2, 0.25) is 0 Å². The van der Waals surface area contributed by atoms with Crippen molar-refractivity contribution in [2.75, 3.05) is 13.2 Å². The minimum absolute atomic E-state index is 0.0474. The molecule has 0 aliphatic rings. The number of aliphatic hydroxyl groups is 2. The van der Waals surface area contributed by atoms with Crippen LogP contribution in [-0.2, 0) is 14.3 Å². The largest absolute Gasteiger partial charge is 0.466 e. The highest BCUT2D eigenvalue weighted by molar-refractivity contribution is 5.76. The zero-order valence-electron chi connectivity index (χ0n) is 31.0. The van der Waals surface area contributed by atoms with Crippen molar-refractivity contribution in [1.82, 2.24) is 5.32 Å². The molecule has 47 heavy (non-hydrogen) atoms. The van der Waals surface area contributed by atoms with E-state index in [0.29, 0.717) is 25.9 Å². The van der Waals surface area contributed by atoms with Crippen molar-refractivity contribution in [3.8, 4) is 0 Å². The summed E-state index contributed by atoms with van der Waals surface area (Å²) in [5, 5.41) is 22.9. The van der Waals surface area contributed by atoms with E-state index >= 15 is 0 Å². The Morgan fingerprint density at radius 2 is 1.02 bits per heavy atom. The molecule has 0 rings (SSSR count). The number of nitrogens with one attached hydrogen (secondary N) is 1. The van der Waals surface area contributed by atoms with Gasteiger partial charge in [0.25, 0.3) is 0 Å². The fourth-order valence-corrected chi connectivity index (χ4v) is 5.81. The minimum Gasteiger partial charge on any atom is -0.466 e. The highest BCUT2D eigenvalue weighted by atomic mass is 16.5. The van der Waals surface area contributed by atoms with Gasteiger partial charge in [-0.25, -0.2) is 0 Å². The van der Waals surface area contributed by atoms with Crippen LogP contribution in [0.25, 0.3) is 0 Å². The van der Waals surface area contributed by atoms with Crippen molar-refractivity contribution in [3.63, 3.8) is 0 Å². The maximum absolute atomic E-state index is 12.3. The summed E-state index contributed by atoms with van der Waals surface area (Å²) in [6.07, 6.45) is 39.9. The Morgan fingerprint density at radius 1 is 0.574 bits per heavy atom. The van der Waals surface area contributed by atoms with Crippen molar-refractivity contribution in [2.45, 2.75) is 212 Å². The van der Waals surface area contributed by atoms with Gasteiger partial charge in [-0.05, 0) is 70.6 Å². The molecular weight excluding hydrogens is 586 g/mol. The Bertz CT molecular complexity index is 737. The fourth-order valence-electron chi connectivity index (χ4n) is 5.81. The lowest BCUT2D eigenvalue weighted by Crippen LogP contribution is -2.45. The van der Waals surface area contributed by atoms with E-state index in [9.17, 15) is 19.8 Å². The number of rotatable bonds is 36. The molecule has 0 aromatic carbocycles. The number of esters is 1. The van der Waals surface area contributed by atoms with Gasteiger partial charge in [-0.15, -0.1) is 0 Å². The number of hydrogen-bond acceptors (Lipinski definition) is 5. The van der Waals surface area contributed by atoms with E-state index in [1.54, 1.807) is 0 Å². The molecule has 0 aliphatic heterocycles. The average molecular weight is 664 g/mol. The van der Waals surface area contributed by atoms with Gasteiger partial charge in [-0.1, -0.05) is 141 Å². The third kappa shape index (κ3) is 34.0. The van der Waals surface area contributed by atoms with Gasteiger partial charge in [0.1, 0.15) is 0 Å². The monoisotopic (exact) mass is 664 g/mol. The van der Waals surface area contributed by atoms with Gasteiger partial charge in [0, 0.05) is 12.8 Å². The van der Waals surface area contributed by atoms with E-state index in [-0.39, 0.29) is 18.5 Å². The van der Waals surface area contributed by atoms with Gasteiger partial charge >= 0.3 is 5.97 Å². The number of allylic oxidation sites excluding steroid dienone is 4. The first-order valence-corrected chi connectivity index (χ1v) is 20.1. The summed E-state index contributed by atoms with van der Waals surface area (Å²) in [6, 6.07) is -0.576. The quantitative estimate of drug-likeness (QED) is 0.0352. The van der Waals surface area contributed by atoms with Crippen molar-refractivity contribution >= 4 is 11.9 Å². The van der Waals surface area contributed by atoms with Crippen LogP contribution in [0.15, 0.2) is 24.3 Å². The van der Waals surface area contributed by atoms with Crippen LogP contribution in [0.5, 0.6) is 0 Å². The fraction of sp³-hybridized carbons (Fsp3) is 0.854. The van der Waals surface area contributed by atoms with Gasteiger partial charge in [0.15, 0.2) is 0 Å². The highest BCUT2D eigenvalue weighted by Crippen LogP contribution is 2.13. The molecule has 6 heteroatoms. The number of unbranched alkanes of at least 4 members (excludes halogenated alkanes) is 21. The molecule has 0 aromatic heterocycles. The first-order chi connectivity index (χ1) is 23.0. The van der Waals surface area contributed by atoms with Gasteiger partial charge in [0.05, 0.1) is 25.4 Å². The van der Waals surface area contributed by atoms with Crippen LogP contribution in [0.1, 0.15) is 200 Å². The topological polar surface area (TPSA) is 95.9 Å². The molecule has 0 bridgehead atoms. The Hall–Kier alpha value is -1.66. The summed E-state index contributed by atoms with van der Waals surface area (Å²) in [7, 11) is 0. The molecular formula is C41H77NO5. The predicted octanol–water partition coefficient (Wildman–Crippen LogP) is 10.8. The second kappa shape index (κ2) is 37.2. The molecule has 1 amide bonds. The van der Waals surface area contributed by atoms with Crippen LogP contribution in [0, 0.1) is 0 Å². The van der Waals surface area contributed by atoms with Crippen LogP contribution >= 0.6 is 0 Å². The number of ether oxygens (including phenoxy) is 1. The molecule has 0 radical (unpaired) electrons. The third-order valence-electron chi connectivity index (χ3n) is 8.97. The lowest BCUT2D eigenvalue weighted by atomic mass is 10.0. The number of hydrogen-bond donors (Lipinski definition) is 3. The predicted molar refractivity (Wildman–Crippen MR) is 200 cm³/mol. The third-order valence-corrected chi connectivity index (χ3v) is 8.97. The standard InChI is InChI=1S/C41H77NO5/c1-3-5-7-9-11-13-14-15-19-23-27-31-35-41(46)47-36-32-28-24-20-16-18-22-26-30-34-40(45)42-38(37-43)39(44)33-29-25-21-17-12-10-8-6-4-2/h11,13,18,22,38-39,43-44H,3-10,12,14-17,19-21,23-37H2,1-2H3,(H,42,45)/b13-11-,22-18-. The molecule has 0 aromatic rings. The van der Waals surface area contributed by atoms with Crippen LogP contribution in [-0.4, -0.2) is 47.4 Å². The number of amides is 1. The second-order valence-corrected chi connectivity index (χ2v) is 13.6. The Labute approximate surface area is 291 Å². The van der Waals surface area contributed by atoms with E-state index in [1.807, 2.05) is 0 Å². The summed E-state index contributed by atoms with van der Waals surface area (Å²) < 4.78 is 5.40. The van der Waals surface area contributed by atoms with Crippen LogP contribution in [0.3, 0.4) is 0 Å². The molecule has 6 nitrogen and oxygen atoms in total. The lowest BCUT2D eigenvalue weighted by Gasteiger charge is -2.22. The molecule has 2 atom stereocenters. The molecule has 3 N–H and O–H groups in total. The smallest absolute Gasteiger partial charge is 0.305 e. The molecule has 0 heterocycles. The van der Waals surface area contributed by atoms with E-state index in [4.69, 9.17) is 4.74 Å². The van der Waals surface area contributed by atoms with Gasteiger partial charge < -0.3 is 20.3 Å². The van der Waals surface area contributed by atoms with Crippen LogP contribution < -0.4 is 5.32 Å². The number of carbonyl (C=O) groups excluding carboxylic acids is 2. The van der Waals surface area contributed by atoms with Crippen molar-refractivity contribution in [3.05, 3.63) is 24.3 Å². The second-order valence-electron chi connectivity index (χ2n) is 13.6. The first kappa shape index (κ1) is 45.3. The van der Waals surface area contributed by atoms with E-state index in [2.05, 4.69) is 43.5 Å². The highest BCUT2D eigenvalue weighted by Gasteiger charge is 2.19. The molecule has 0 saturated carbocycles. The summed E-state index contributed by atoms with van der Waals surface area (Å²) in [5.41, 5.74) is 0.